The van der Waals surface area contributed by atoms with Crippen molar-refractivity contribution in [3.8, 4) is 0 Å². The highest BCUT2D eigenvalue weighted by Crippen LogP contribution is 2.28. The summed E-state index contributed by atoms with van der Waals surface area (Å²) in [6.07, 6.45) is -4.55. The fourth-order valence-corrected chi connectivity index (χ4v) is 2.10. The van der Waals surface area contributed by atoms with Crippen LogP contribution in [-0.2, 0) is 11.3 Å². The average molecular weight is 316 g/mol. The zero-order valence-electron chi connectivity index (χ0n) is 11.4. The Morgan fingerprint density at radius 2 is 2.05 bits per heavy atom. The number of carbonyl (C=O) groups excluding carboxylic acids is 1. The monoisotopic (exact) mass is 316 g/mol. The number of halogens is 3. The van der Waals surface area contributed by atoms with Crippen LogP contribution in [0.2, 0.25) is 0 Å². The number of hydrogen-bond acceptors (Lipinski definition) is 4. The largest absolute Gasteiger partial charge is 0.461 e. The van der Waals surface area contributed by atoms with Crippen LogP contribution in [0.1, 0.15) is 17.4 Å². The lowest BCUT2D eigenvalue weighted by Gasteiger charge is -2.12. The predicted octanol–water partition coefficient (Wildman–Crippen LogP) is 3.29. The molecule has 0 aliphatic heterocycles. The van der Waals surface area contributed by atoms with Gasteiger partial charge in [0.05, 0.1) is 11.5 Å². The molecule has 6 nitrogen and oxygen atoms in total. The minimum Gasteiger partial charge on any atom is -0.461 e. The molecular formula is C13H11F3N2O4. The van der Waals surface area contributed by atoms with Crippen LogP contribution in [0.25, 0.3) is 10.9 Å². The Balaban J connectivity index is 2.62. The Morgan fingerprint density at radius 3 is 2.59 bits per heavy atom. The molecular weight excluding hydrogens is 305 g/mol. The first kappa shape index (κ1) is 15.8. The van der Waals surface area contributed by atoms with Crippen LogP contribution in [0.3, 0.4) is 0 Å². The van der Waals surface area contributed by atoms with E-state index in [0.717, 1.165) is 22.8 Å². The SMILES string of the molecule is CCOC(=O)c1cc2cc([N+](=O)[O-])ccc2n1CC(F)(F)F. The van der Waals surface area contributed by atoms with E-state index >= 15 is 0 Å². The van der Waals surface area contributed by atoms with Gasteiger partial charge in [-0.1, -0.05) is 0 Å². The second-order valence-electron chi connectivity index (χ2n) is 4.45. The maximum Gasteiger partial charge on any atom is 0.406 e. The number of nitrogens with zero attached hydrogens (tertiary/aromatic N) is 2. The molecule has 2 rings (SSSR count). The topological polar surface area (TPSA) is 74.4 Å². The molecule has 0 bridgehead atoms. The number of rotatable bonds is 4. The van der Waals surface area contributed by atoms with E-state index in [2.05, 4.69) is 0 Å². The Bertz CT molecular complexity index is 737. The number of hydrogen-bond donors (Lipinski definition) is 0. The van der Waals surface area contributed by atoms with Crippen LogP contribution in [0.4, 0.5) is 18.9 Å². The first-order valence-electron chi connectivity index (χ1n) is 6.24. The summed E-state index contributed by atoms with van der Waals surface area (Å²) in [6, 6.07) is 4.54. The number of ether oxygens (including phenoxy) is 1. The van der Waals surface area contributed by atoms with E-state index in [1.54, 1.807) is 0 Å². The molecule has 9 heteroatoms. The van der Waals surface area contributed by atoms with Crippen LogP contribution in [-0.4, -0.2) is 28.2 Å². The molecule has 0 saturated heterocycles. The Morgan fingerprint density at radius 1 is 1.36 bits per heavy atom. The Hall–Kier alpha value is -2.58. The van der Waals surface area contributed by atoms with Gasteiger partial charge < -0.3 is 9.30 Å². The Labute approximate surface area is 122 Å². The van der Waals surface area contributed by atoms with Gasteiger partial charge in [-0.05, 0) is 19.1 Å². The van der Waals surface area contributed by atoms with Crippen molar-refractivity contribution in [1.82, 2.24) is 4.57 Å². The molecule has 22 heavy (non-hydrogen) atoms. The molecule has 1 aromatic heterocycles. The first-order chi connectivity index (χ1) is 10.2. The Kier molecular flexibility index (Phi) is 4.07. The number of carbonyl (C=O) groups is 1. The molecule has 0 saturated carbocycles. The molecule has 0 spiro atoms. The van der Waals surface area contributed by atoms with Gasteiger partial charge in [-0.15, -0.1) is 0 Å². The summed E-state index contributed by atoms with van der Waals surface area (Å²) in [7, 11) is 0. The van der Waals surface area contributed by atoms with E-state index in [1.165, 1.54) is 13.0 Å². The van der Waals surface area contributed by atoms with Crippen LogP contribution < -0.4 is 0 Å². The minimum absolute atomic E-state index is 0.00647. The molecule has 0 aliphatic rings. The van der Waals surface area contributed by atoms with Crippen LogP contribution in [0, 0.1) is 10.1 Å². The summed E-state index contributed by atoms with van der Waals surface area (Å²) >= 11 is 0. The van der Waals surface area contributed by atoms with Crippen LogP contribution in [0.15, 0.2) is 24.3 Å². The number of alkyl halides is 3. The fourth-order valence-electron chi connectivity index (χ4n) is 2.10. The van der Waals surface area contributed by atoms with Gasteiger partial charge in [0.1, 0.15) is 12.2 Å². The fraction of sp³-hybridized carbons (Fsp3) is 0.308. The number of non-ortho nitro benzene ring substituents is 1. The van der Waals surface area contributed by atoms with Gasteiger partial charge in [-0.2, -0.15) is 13.2 Å². The summed E-state index contributed by atoms with van der Waals surface area (Å²) in [5.41, 5.74) is -0.493. The van der Waals surface area contributed by atoms with E-state index < -0.39 is 23.6 Å². The summed E-state index contributed by atoms with van der Waals surface area (Å²) in [4.78, 5) is 21.9. The van der Waals surface area contributed by atoms with Crippen molar-refractivity contribution in [1.29, 1.82) is 0 Å². The third kappa shape index (κ3) is 3.18. The number of aromatic nitrogens is 1. The van der Waals surface area contributed by atoms with Gasteiger partial charge in [-0.25, -0.2) is 4.79 Å². The lowest BCUT2D eigenvalue weighted by Crippen LogP contribution is -2.21. The van der Waals surface area contributed by atoms with Crippen molar-refractivity contribution >= 4 is 22.6 Å². The van der Waals surface area contributed by atoms with Crippen molar-refractivity contribution in [3.63, 3.8) is 0 Å². The second kappa shape index (κ2) is 5.66. The highest BCUT2D eigenvalue weighted by molar-refractivity contribution is 5.96. The van der Waals surface area contributed by atoms with Crippen LogP contribution in [0.5, 0.6) is 0 Å². The van der Waals surface area contributed by atoms with Crippen molar-refractivity contribution in [2.24, 2.45) is 0 Å². The predicted molar refractivity (Wildman–Crippen MR) is 70.6 cm³/mol. The molecule has 0 atom stereocenters. The third-order valence-electron chi connectivity index (χ3n) is 2.92. The average Bonchev–Trinajstić information content (AvgIpc) is 2.75. The molecule has 0 fully saturated rings. The minimum atomic E-state index is -4.55. The second-order valence-corrected chi connectivity index (χ2v) is 4.45. The maximum atomic E-state index is 12.7. The highest BCUT2D eigenvalue weighted by Gasteiger charge is 2.31. The van der Waals surface area contributed by atoms with E-state index in [9.17, 15) is 28.1 Å². The van der Waals surface area contributed by atoms with Gasteiger partial charge >= 0.3 is 12.1 Å². The summed E-state index contributed by atoms with van der Waals surface area (Å²) < 4.78 is 43.6. The molecule has 0 unspecified atom stereocenters. The van der Waals surface area contributed by atoms with Crippen LogP contribution >= 0.6 is 0 Å². The molecule has 118 valence electrons. The number of benzene rings is 1. The first-order valence-corrected chi connectivity index (χ1v) is 6.24. The van der Waals surface area contributed by atoms with E-state index in [0.29, 0.717) is 0 Å². The number of esters is 1. The number of fused-ring (bicyclic) bond motifs is 1. The molecule has 0 amide bonds. The van der Waals surface area contributed by atoms with Gasteiger partial charge in [-0.3, -0.25) is 10.1 Å². The maximum absolute atomic E-state index is 12.7. The van der Waals surface area contributed by atoms with E-state index in [1.807, 2.05) is 0 Å². The van der Waals surface area contributed by atoms with Gasteiger partial charge in [0, 0.05) is 23.0 Å². The van der Waals surface area contributed by atoms with E-state index in [-0.39, 0.29) is 28.9 Å². The zero-order chi connectivity index (χ0) is 16.5. The normalized spacial score (nSPS) is 11.6. The molecule has 1 aromatic carbocycles. The standard InChI is InChI=1S/C13H11F3N2O4/c1-2-22-12(19)11-6-8-5-9(18(20)21)3-4-10(8)17(11)7-13(14,15)16/h3-6H,2,7H2,1H3. The van der Waals surface area contributed by atoms with Crippen molar-refractivity contribution < 1.29 is 27.6 Å². The summed E-state index contributed by atoms with van der Waals surface area (Å²) in [5.74, 6) is -0.911. The lowest BCUT2D eigenvalue weighted by atomic mass is 10.2. The van der Waals surface area contributed by atoms with Gasteiger partial charge in [0.15, 0.2) is 0 Å². The van der Waals surface area contributed by atoms with Crippen molar-refractivity contribution in [2.45, 2.75) is 19.6 Å². The lowest BCUT2D eigenvalue weighted by molar-refractivity contribution is -0.384. The molecule has 1 heterocycles. The van der Waals surface area contributed by atoms with Crippen molar-refractivity contribution in [3.05, 3.63) is 40.1 Å². The van der Waals surface area contributed by atoms with Crippen molar-refractivity contribution in [2.75, 3.05) is 6.61 Å². The number of nitro benzene ring substituents is 1. The van der Waals surface area contributed by atoms with Gasteiger partial charge in [0.2, 0.25) is 0 Å². The highest BCUT2D eigenvalue weighted by atomic mass is 19.4. The summed E-state index contributed by atoms with van der Waals surface area (Å²) in [6.45, 7) is 0.147. The molecule has 2 aromatic rings. The van der Waals surface area contributed by atoms with Gasteiger partial charge in [0.25, 0.3) is 5.69 Å². The molecule has 0 radical (unpaired) electrons. The summed E-state index contributed by atoms with van der Waals surface area (Å²) in [5, 5.41) is 10.9. The molecule has 0 aliphatic carbocycles. The smallest absolute Gasteiger partial charge is 0.406 e. The van der Waals surface area contributed by atoms with E-state index in [4.69, 9.17) is 4.74 Å². The quantitative estimate of drug-likeness (QED) is 0.493. The molecule has 0 N–H and O–H groups in total. The number of nitro groups is 1. The third-order valence-corrected chi connectivity index (χ3v) is 2.92. The zero-order valence-corrected chi connectivity index (χ0v) is 11.4.